The molecule has 0 fully saturated rings. The second kappa shape index (κ2) is 7.88. The van der Waals surface area contributed by atoms with E-state index in [-0.39, 0.29) is 18.0 Å². The summed E-state index contributed by atoms with van der Waals surface area (Å²) in [6.07, 6.45) is 0. The number of rotatable bonds is 7. The summed E-state index contributed by atoms with van der Waals surface area (Å²) in [4.78, 5) is 24.9. The molecule has 0 saturated carbocycles. The third kappa shape index (κ3) is 3.68. The van der Waals surface area contributed by atoms with Crippen molar-refractivity contribution >= 4 is 11.8 Å². The standard InChI is InChI=1S/C19H23NO5/c1-6-20-12(2)10-14(13(20)3)15(21)11-25-19(22)18-16(23-4)8-7-9-17(18)24-5/h7-10H,6,11H2,1-5H3. The van der Waals surface area contributed by atoms with Crippen LogP contribution in [0, 0.1) is 13.8 Å². The summed E-state index contributed by atoms with van der Waals surface area (Å²) in [7, 11) is 2.91. The van der Waals surface area contributed by atoms with E-state index >= 15 is 0 Å². The zero-order chi connectivity index (χ0) is 18.6. The van der Waals surface area contributed by atoms with Gasteiger partial charge in [0.15, 0.2) is 6.61 Å². The van der Waals surface area contributed by atoms with Crippen molar-refractivity contribution in [2.24, 2.45) is 0 Å². The van der Waals surface area contributed by atoms with Crippen molar-refractivity contribution in [1.82, 2.24) is 4.57 Å². The van der Waals surface area contributed by atoms with Gasteiger partial charge < -0.3 is 18.8 Å². The molecule has 1 aromatic heterocycles. The van der Waals surface area contributed by atoms with E-state index in [1.807, 2.05) is 31.4 Å². The number of aromatic nitrogens is 1. The predicted molar refractivity (Wildman–Crippen MR) is 93.7 cm³/mol. The molecule has 0 atom stereocenters. The van der Waals surface area contributed by atoms with Crippen molar-refractivity contribution in [3.63, 3.8) is 0 Å². The first kappa shape index (κ1) is 18.6. The maximum atomic E-state index is 12.4. The topological polar surface area (TPSA) is 66.8 Å². The van der Waals surface area contributed by atoms with Crippen LogP contribution in [-0.4, -0.2) is 37.1 Å². The number of hydrogen-bond donors (Lipinski definition) is 0. The summed E-state index contributed by atoms with van der Waals surface area (Å²) >= 11 is 0. The normalized spacial score (nSPS) is 10.4. The number of ether oxygens (including phenoxy) is 3. The first-order chi connectivity index (χ1) is 11.9. The summed E-state index contributed by atoms with van der Waals surface area (Å²) in [6.45, 7) is 6.28. The molecular formula is C19H23NO5. The molecule has 0 saturated heterocycles. The lowest BCUT2D eigenvalue weighted by molar-refractivity contribution is 0.0468. The van der Waals surface area contributed by atoms with E-state index in [0.717, 1.165) is 17.9 Å². The fraction of sp³-hybridized carbons (Fsp3) is 0.368. The summed E-state index contributed by atoms with van der Waals surface area (Å²) in [5.41, 5.74) is 2.61. The molecule has 134 valence electrons. The summed E-state index contributed by atoms with van der Waals surface area (Å²) in [5, 5.41) is 0. The van der Waals surface area contributed by atoms with Crippen LogP contribution in [0.1, 0.15) is 39.0 Å². The average molecular weight is 345 g/mol. The van der Waals surface area contributed by atoms with Gasteiger partial charge in [-0.1, -0.05) is 6.07 Å². The molecule has 0 unspecified atom stereocenters. The van der Waals surface area contributed by atoms with Gasteiger partial charge in [-0.2, -0.15) is 0 Å². The number of carbonyl (C=O) groups is 2. The molecule has 25 heavy (non-hydrogen) atoms. The molecule has 0 amide bonds. The molecule has 0 aliphatic rings. The molecule has 0 N–H and O–H groups in total. The molecule has 0 radical (unpaired) electrons. The first-order valence-corrected chi connectivity index (χ1v) is 8.02. The molecule has 0 bridgehead atoms. The molecule has 6 heteroatoms. The molecule has 0 aliphatic carbocycles. The maximum Gasteiger partial charge on any atom is 0.346 e. The lowest BCUT2D eigenvalue weighted by atomic mass is 10.1. The molecule has 1 heterocycles. The van der Waals surface area contributed by atoms with Crippen LogP contribution in [0.15, 0.2) is 24.3 Å². The van der Waals surface area contributed by atoms with Crippen molar-refractivity contribution in [1.29, 1.82) is 0 Å². The number of hydrogen-bond acceptors (Lipinski definition) is 5. The Kier molecular flexibility index (Phi) is 5.85. The highest BCUT2D eigenvalue weighted by Crippen LogP contribution is 2.29. The number of carbonyl (C=O) groups excluding carboxylic acids is 2. The van der Waals surface area contributed by atoms with Crippen molar-refractivity contribution in [2.45, 2.75) is 27.3 Å². The number of nitrogens with zero attached hydrogens (tertiary/aromatic N) is 1. The fourth-order valence-electron chi connectivity index (χ4n) is 2.90. The van der Waals surface area contributed by atoms with Gasteiger partial charge in [0, 0.05) is 23.5 Å². The Labute approximate surface area is 147 Å². The quantitative estimate of drug-likeness (QED) is 0.569. The Hall–Kier alpha value is -2.76. The second-order valence-electron chi connectivity index (χ2n) is 5.57. The van der Waals surface area contributed by atoms with Gasteiger partial charge in [0.05, 0.1) is 14.2 Å². The zero-order valence-electron chi connectivity index (χ0n) is 15.2. The fourth-order valence-corrected chi connectivity index (χ4v) is 2.90. The molecule has 1 aromatic carbocycles. The predicted octanol–water partition coefficient (Wildman–Crippen LogP) is 3.18. The van der Waals surface area contributed by atoms with E-state index < -0.39 is 5.97 Å². The second-order valence-corrected chi connectivity index (χ2v) is 5.57. The minimum Gasteiger partial charge on any atom is -0.496 e. The minimum atomic E-state index is -0.660. The molecule has 6 nitrogen and oxygen atoms in total. The van der Waals surface area contributed by atoms with Crippen LogP contribution in [0.25, 0.3) is 0 Å². The highest BCUT2D eigenvalue weighted by molar-refractivity contribution is 6.01. The molecule has 0 spiro atoms. The number of esters is 1. The van der Waals surface area contributed by atoms with Crippen LogP contribution in [0.2, 0.25) is 0 Å². The number of ketones is 1. The lowest BCUT2D eigenvalue weighted by Crippen LogP contribution is -2.16. The van der Waals surface area contributed by atoms with Crippen LogP contribution in [0.3, 0.4) is 0 Å². The van der Waals surface area contributed by atoms with Crippen molar-refractivity contribution in [3.05, 3.63) is 46.8 Å². The van der Waals surface area contributed by atoms with Gasteiger partial charge in [0.1, 0.15) is 17.1 Å². The largest absolute Gasteiger partial charge is 0.496 e. The van der Waals surface area contributed by atoms with Gasteiger partial charge in [-0.25, -0.2) is 4.79 Å². The van der Waals surface area contributed by atoms with E-state index in [1.165, 1.54) is 14.2 Å². The Morgan fingerprint density at radius 2 is 1.68 bits per heavy atom. The van der Waals surface area contributed by atoms with Crippen molar-refractivity contribution in [2.75, 3.05) is 20.8 Å². The average Bonchev–Trinajstić information content (AvgIpc) is 2.92. The van der Waals surface area contributed by atoms with Gasteiger partial charge in [-0.3, -0.25) is 4.79 Å². The van der Waals surface area contributed by atoms with E-state index in [0.29, 0.717) is 17.1 Å². The molecule has 0 aliphatic heterocycles. The van der Waals surface area contributed by atoms with Crippen molar-refractivity contribution < 1.29 is 23.8 Å². The van der Waals surface area contributed by atoms with Crippen LogP contribution in [-0.2, 0) is 11.3 Å². The number of aryl methyl sites for hydroxylation is 1. The number of Topliss-reactive ketones (excluding diaryl/α,β-unsaturated/α-hetero) is 1. The van der Waals surface area contributed by atoms with Crippen LogP contribution in [0.4, 0.5) is 0 Å². The minimum absolute atomic E-state index is 0.166. The summed E-state index contributed by atoms with van der Waals surface area (Å²) in [5.74, 6) is -0.233. The van der Waals surface area contributed by atoms with Crippen LogP contribution in [0.5, 0.6) is 11.5 Å². The van der Waals surface area contributed by atoms with Gasteiger partial charge in [0.25, 0.3) is 0 Å². The third-order valence-electron chi connectivity index (χ3n) is 4.16. The number of benzene rings is 1. The van der Waals surface area contributed by atoms with Gasteiger partial charge in [0.2, 0.25) is 5.78 Å². The Morgan fingerprint density at radius 3 is 2.16 bits per heavy atom. The Bertz CT molecular complexity index is 769. The van der Waals surface area contributed by atoms with E-state index in [2.05, 4.69) is 0 Å². The van der Waals surface area contributed by atoms with Crippen LogP contribution < -0.4 is 9.47 Å². The van der Waals surface area contributed by atoms with Gasteiger partial charge in [-0.05, 0) is 39.0 Å². The van der Waals surface area contributed by atoms with Crippen LogP contribution >= 0.6 is 0 Å². The van der Waals surface area contributed by atoms with Gasteiger partial charge in [-0.15, -0.1) is 0 Å². The zero-order valence-corrected chi connectivity index (χ0v) is 15.2. The molecule has 2 rings (SSSR count). The monoisotopic (exact) mass is 345 g/mol. The van der Waals surface area contributed by atoms with Crippen molar-refractivity contribution in [3.8, 4) is 11.5 Å². The summed E-state index contributed by atoms with van der Waals surface area (Å²) in [6, 6.07) is 6.80. The highest BCUT2D eigenvalue weighted by Gasteiger charge is 2.22. The van der Waals surface area contributed by atoms with E-state index in [4.69, 9.17) is 14.2 Å². The SMILES string of the molecule is CCn1c(C)cc(C(=O)COC(=O)c2c(OC)cccc2OC)c1C. The maximum absolute atomic E-state index is 12.4. The Balaban J connectivity index is 2.17. The Morgan fingerprint density at radius 1 is 1.08 bits per heavy atom. The first-order valence-electron chi connectivity index (χ1n) is 8.02. The number of methoxy groups -OCH3 is 2. The molecular weight excluding hydrogens is 322 g/mol. The van der Waals surface area contributed by atoms with Gasteiger partial charge >= 0.3 is 5.97 Å². The third-order valence-corrected chi connectivity index (χ3v) is 4.16. The molecule has 2 aromatic rings. The summed E-state index contributed by atoms with van der Waals surface area (Å²) < 4.78 is 17.6. The smallest absolute Gasteiger partial charge is 0.346 e. The van der Waals surface area contributed by atoms with E-state index in [9.17, 15) is 9.59 Å². The highest BCUT2D eigenvalue weighted by atomic mass is 16.5. The lowest BCUT2D eigenvalue weighted by Gasteiger charge is -2.12. The van der Waals surface area contributed by atoms with E-state index in [1.54, 1.807) is 18.2 Å².